The SMILES string of the molecule is Fc1cccc(N=Cc2ccn(C3CCCCC3)c2)c1. The molecule has 3 rings (SSSR count). The van der Waals surface area contributed by atoms with Gasteiger partial charge in [-0.25, -0.2) is 4.39 Å². The van der Waals surface area contributed by atoms with Crippen LogP contribution in [-0.4, -0.2) is 10.8 Å². The molecule has 1 aromatic heterocycles. The summed E-state index contributed by atoms with van der Waals surface area (Å²) in [5.41, 5.74) is 1.72. The molecule has 1 aliphatic rings. The molecule has 3 heteroatoms. The molecule has 1 aromatic carbocycles. The molecular formula is C17H19FN2. The van der Waals surface area contributed by atoms with Gasteiger partial charge in [0.15, 0.2) is 0 Å². The van der Waals surface area contributed by atoms with Gasteiger partial charge in [0, 0.05) is 30.2 Å². The predicted molar refractivity (Wildman–Crippen MR) is 80.2 cm³/mol. The normalized spacial score (nSPS) is 16.9. The number of halogens is 1. The fourth-order valence-electron chi connectivity index (χ4n) is 2.82. The van der Waals surface area contributed by atoms with Gasteiger partial charge in [0.25, 0.3) is 0 Å². The molecule has 0 aliphatic heterocycles. The minimum absolute atomic E-state index is 0.251. The molecule has 1 saturated carbocycles. The first-order chi connectivity index (χ1) is 9.81. The highest BCUT2D eigenvalue weighted by molar-refractivity contribution is 5.81. The molecule has 0 N–H and O–H groups in total. The Morgan fingerprint density at radius 3 is 2.80 bits per heavy atom. The Balaban J connectivity index is 1.70. The van der Waals surface area contributed by atoms with Crippen LogP contribution in [0, 0.1) is 5.82 Å². The Kier molecular flexibility index (Phi) is 3.95. The smallest absolute Gasteiger partial charge is 0.125 e. The summed E-state index contributed by atoms with van der Waals surface area (Å²) in [6.07, 6.45) is 12.6. The molecule has 104 valence electrons. The van der Waals surface area contributed by atoms with Crippen molar-refractivity contribution in [2.24, 2.45) is 4.99 Å². The van der Waals surface area contributed by atoms with E-state index in [-0.39, 0.29) is 5.82 Å². The summed E-state index contributed by atoms with van der Waals surface area (Å²) in [4.78, 5) is 4.32. The predicted octanol–water partition coefficient (Wildman–Crippen LogP) is 4.88. The van der Waals surface area contributed by atoms with Crippen LogP contribution in [0.1, 0.15) is 43.7 Å². The average molecular weight is 270 g/mol. The summed E-state index contributed by atoms with van der Waals surface area (Å²) in [7, 11) is 0. The summed E-state index contributed by atoms with van der Waals surface area (Å²) in [5.74, 6) is -0.251. The molecule has 0 radical (unpaired) electrons. The van der Waals surface area contributed by atoms with Crippen LogP contribution in [0.2, 0.25) is 0 Å². The first-order valence-corrected chi connectivity index (χ1v) is 7.28. The zero-order chi connectivity index (χ0) is 13.8. The maximum absolute atomic E-state index is 13.1. The molecule has 20 heavy (non-hydrogen) atoms. The van der Waals surface area contributed by atoms with Crippen molar-refractivity contribution in [2.45, 2.75) is 38.1 Å². The van der Waals surface area contributed by atoms with Crippen LogP contribution < -0.4 is 0 Å². The number of aliphatic imine (C=N–C) groups is 1. The fourth-order valence-corrected chi connectivity index (χ4v) is 2.82. The van der Waals surface area contributed by atoms with Crippen molar-refractivity contribution in [3.63, 3.8) is 0 Å². The summed E-state index contributed by atoms with van der Waals surface area (Å²) < 4.78 is 15.4. The Hall–Kier alpha value is -1.90. The topological polar surface area (TPSA) is 17.3 Å². The van der Waals surface area contributed by atoms with Crippen molar-refractivity contribution in [3.05, 3.63) is 54.1 Å². The fraction of sp³-hybridized carbons (Fsp3) is 0.353. The van der Waals surface area contributed by atoms with Gasteiger partial charge in [0.05, 0.1) is 5.69 Å². The third-order valence-electron chi connectivity index (χ3n) is 3.90. The molecule has 0 amide bonds. The lowest BCUT2D eigenvalue weighted by Crippen LogP contribution is -2.10. The van der Waals surface area contributed by atoms with Gasteiger partial charge in [-0.3, -0.25) is 4.99 Å². The number of hydrogen-bond acceptors (Lipinski definition) is 1. The number of rotatable bonds is 3. The van der Waals surface area contributed by atoms with E-state index >= 15 is 0 Å². The van der Waals surface area contributed by atoms with Gasteiger partial charge < -0.3 is 4.57 Å². The van der Waals surface area contributed by atoms with E-state index in [1.54, 1.807) is 18.3 Å². The van der Waals surface area contributed by atoms with Gasteiger partial charge in [-0.2, -0.15) is 0 Å². The highest BCUT2D eigenvalue weighted by Crippen LogP contribution is 2.28. The third kappa shape index (κ3) is 3.16. The number of nitrogens with zero attached hydrogens (tertiary/aromatic N) is 2. The minimum Gasteiger partial charge on any atom is -0.351 e. The Morgan fingerprint density at radius 1 is 1.15 bits per heavy atom. The van der Waals surface area contributed by atoms with E-state index in [4.69, 9.17) is 0 Å². The largest absolute Gasteiger partial charge is 0.351 e. The molecular weight excluding hydrogens is 251 g/mol. The van der Waals surface area contributed by atoms with Gasteiger partial charge in [-0.05, 0) is 37.1 Å². The Morgan fingerprint density at radius 2 is 2.00 bits per heavy atom. The van der Waals surface area contributed by atoms with E-state index in [1.165, 1.54) is 44.2 Å². The van der Waals surface area contributed by atoms with E-state index in [1.807, 2.05) is 0 Å². The van der Waals surface area contributed by atoms with E-state index in [9.17, 15) is 4.39 Å². The summed E-state index contributed by atoms with van der Waals surface area (Å²) in [5, 5.41) is 0. The molecule has 0 unspecified atom stereocenters. The molecule has 2 nitrogen and oxygen atoms in total. The molecule has 1 aliphatic carbocycles. The van der Waals surface area contributed by atoms with Crippen LogP contribution >= 0.6 is 0 Å². The highest BCUT2D eigenvalue weighted by Gasteiger charge is 2.14. The standard InChI is InChI=1S/C17H19FN2/c18-15-5-4-6-16(11-15)19-12-14-9-10-20(13-14)17-7-2-1-3-8-17/h4-6,9-13,17H,1-3,7-8H2. The third-order valence-corrected chi connectivity index (χ3v) is 3.90. The van der Waals surface area contributed by atoms with E-state index in [0.29, 0.717) is 11.7 Å². The van der Waals surface area contributed by atoms with Crippen LogP contribution in [0.25, 0.3) is 0 Å². The second-order valence-electron chi connectivity index (χ2n) is 5.42. The van der Waals surface area contributed by atoms with Crippen LogP contribution in [0.4, 0.5) is 10.1 Å². The quantitative estimate of drug-likeness (QED) is 0.707. The molecule has 0 saturated heterocycles. The van der Waals surface area contributed by atoms with E-state index < -0.39 is 0 Å². The maximum atomic E-state index is 13.1. The summed E-state index contributed by atoms with van der Waals surface area (Å²) in [6.45, 7) is 0. The first kappa shape index (κ1) is 13.1. The number of hydrogen-bond donors (Lipinski definition) is 0. The van der Waals surface area contributed by atoms with Gasteiger partial charge >= 0.3 is 0 Å². The second-order valence-corrected chi connectivity index (χ2v) is 5.42. The molecule has 0 bridgehead atoms. The lowest BCUT2D eigenvalue weighted by molar-refractivity contribution is 0.354. The molecule has 1 heterocycles. The molecule has 1 fully saturated rings. The monoisotopic (exact) mass is 270 g/mol. The van der Waals surface area contributed by atoms with Crippen LogP contribution in [0.15, 0.2) is 47.7 Å². The van der Waals surface area contributed by atoms with Gasteiger partial charge in [0.1, 0.15) is 5.82 Å². The lowest BCUT2D eigenvalue weighted by Gasteiger charge is -2.23. The number of benzene rings is 1. The average Bonchev–Trinajstić information content (AvgIpc) is 2.95. The Bertz CT molecular complexity index is 595. The van der Waals surface area contributed by atoms with E-state index in [2.05, 4.69) is 28.0 Å². The maximum Gasteiger partial charge on any atom is 0.125 e. The second kappa shape index (κ2) is 6.04. The van der Waals surface area contributed by atoms with Crippen molar-refractivity contribution in [2.75, 3.05) is 0 Å². The van der Waals surface area contributed by atoms with Crippen LogP contribution in [-0.2, 0) is 0 Å². The van der Waals surface area contributed by atoms with Gasteiger partial charge in [-0.15, -0.1) is 0 Å². The zero-order valence-corrected chi connectivity index (χ0v) is 11.5. The lowest BCUT2D eigenvalue weighted by atomic mass is 9.95. The van der Waals surface area contributed by atoms with E-state index in [0.717, 1.165) is 5.56 Å². The minimum atomic E-state index is -0.251. The summed E-state index contributed by atoms with van der Waals surface area (Å²) >= 11 is 0. The molecule has 0 spiro atoms. The van der Waals surface area contributed by atoms with Gasteiger partial charge in [-0.1, -0.05) is 25.3 Å². The van der Waals surface area contributed by atoms with Crippen molar-refractivity contribution in [1.82, 2.24) is 4.57 Å². The van der Waals surface area contributed by atoms with Crippen molar-refractivity contribution < 1.29 is 4.39 Å². The molecule has 2 aromatic rings. The summed E-state index contributed by atoms with van der Waals surface area (Å²) in [6, 6.07) is 9.05. The van der Waals surface area contributed by atoms with Gasteiger partial charge in [0.2, 0.25) is 0 Å². The first-order valence-electron chi connectivity index (χ1n) is 7.28. The van der Waals surface area contributed by atoms with Crippen molar-refractivity contribution in [3.8, 4) is 0 Å². The highest BCUT2D eigenvalue weighted by atomic mass is 19.1. The van der Waals surface area contributed by atoms with Crippen molar-refractivity contribution >= 4 is 11.9 Å². The molecule has 0 atom stereocenters. The van der Waals surface area contributed by atoms with Crippen molar-refractivity contribution in [1.29, 1.82) is 0 Å². The Labute approximate surface area is 119 Å². The van der Waals surface area contributed by atoms with Crippen LogP contribution in [0.3, 0.4) is 0 Å². The van der Waals surface area contributed by atoms with Crippen LogP contribution in [0.5, 0.6) is 0 Å². The zero-order valence-electron chi connectivity index (χ0n) is 11.5. The number of aromatic nitrogens is 1.